The predicted molar refractivity (Wildman–Crippen MR) is 112 cm³/mol. The third-order valence-corrected chi connectivity index (χ3v) is 7.04. The molecule has 0 N–H and O–H groups in total. The third kappa shape index (κ3) is 4.64. The lowest BCUT2D eigenvalue weighted by molar-refractivity contribution is -0.132. The molecule has 28 heavy (non-hydrogen) atoms. The number of rotatable bonds is 7. The van der Waals surface area contributed by atoms with Gasteiger partial charge in [0, 0.05) is 24.5 Å². The van der Waals surface area contributed by atoms with Crippen LogP contribution in [0.1, 0.15) is 12.0 Å². The van der Waals surface area contributed by atoms with Gasteiger partial charge in [0.05, 0.1) is 25.0 Å². The second-order valence-electron chi connectivity index (χ2n) is 7.60. The molecule has 0 bridgehead atoms. The number of benzene rings is 2. The SMILES string of the molecule is COc1ccc(CC(=O)N(CCN(C)C)[C@@H]2CCS(=O)(=O)C2)c2ccccc12. The molecule has 2 aromatic rings. The summed E-state index contributed by atoms with van der Waals surface area (Å²) in [6, 6.07) is 11.4. The Kier molecular flexibility index (Phi) is 6.25. The Morgan fingerprint density at radius 1 is 1.11 bits per heavy atom. The number of nitrogens with zero attached hydrogens (tertiary/aromatic N) is 2. The van der Waals surface area contributed by atoms with Crippen molar-refractivity contribution in [1.29, 1.82) is 0 Å². The van der Waals surface area contributed by atoms with E-state index in [2.05, 4.69) is 0 Å². The van der Waals surface area contributed by atoms with Gasteiger partial charge in [-0.3, -0.25) is 4.79 Å². The molecule has 0 aromatic heterocycles. The van der Waals surface area contributed by atoms with Gasteiger partial charge < -0.3 is 14.5 Å². The van der Waals surface area contributed by atoms with E-state index in [9.17, 15) is 13.2 Å². The Hall–Kier alpha value is -2.12. The average Bonchev–Trinajstić information content (AvgIpc) is 3.01. The minimum atomic E-state index is -3.05. The van der Waals surface area contributed by atoms with Crippen molar-refractivity contribution in [2.75, 3.05) is 45.8 Å². The normalized spacial score (nSPS) is 18.5. The number of carbonyl (C=O) groups is 1. The van der Waals surface area contributed by atoms with E-state index < -0.39 is 9.84 Å². The van der Waals surface area contributed by atoms with E-state index in [0.29, 0.717) is 19.5 Å². The van der Waals surface area contributed by atoms with E-state index in [1.54, 1.807) is 12.0 Å². The van der Waals surface area contributed by atoms with Crippen molar-refractivity contribution >= 4 is 26.5 Å². The van der Waals surface area contributed by atoms with Gasteiger partial charge in [0.15, 0.2) is 9.84 Å². The van der Waals surface area contributed by atoms with Crippen LogP contribution in [-0.4, -0.2) is 76.0 Å². The van der Waals surface area contributed by atoms with E-state index >= 15 is 0 Å². The number of likely N-dealkylation sites (N-methyl/N-ethyl adjacent to an activating group) is 1. The molecule has 3 rings (SSSR count). The number of fused-ring (bicyclic) bond motifs is 1. The first-order valence-electron chi connectivity index (χ1n) is 9.50. The predicted octanol–water partition coefficient (Wildman–Crippen LogP) is 1.97. The van der Waals surface area contributed by atoms with Gasteiger partial charge in [0.2, 0.25) is 5.91 Å². The highest BCUT2D eigenvalue weighted by Crippen LogP contribution is 2.29. The number of amides is 1. The average molecular weight is 405 g/mol. The Labute approximate surface area is 167 Å². The van der Waals surface area contributed by atoms with Crippen LogP contribution >= 0.6 is 0 Å². The van der Waals surface area contributed by atoms with Gasteiger partial charge in [-0.2, -0.15) is 0 Å². The van der Waals surface area contributed by atoms with Gasteiger partial charge in [-0.15, -0.1) is 0 Å². The van der Waals surface area contributed by atoms with Crippen molar-refractivity contribution in [3.05, 3.63) is 42.0 Å². The van der Waals surface area contributed by atoms with E-state index in [4.69, 9.17) is 4.74 Å². The quantitative estimate of drug-likeness (QED) is 0.706. The monoisotopic (exact) mass is 404 g/mol. The molecule has 1 saturated heterocycles. The summed E-state index contributed by atoms with van der Waals surface area (Å²) in [5.74, 6) is 0.974. The highest BCUT2D eigenvalue weighted by molar-refractivity contribution is 7.91. The van der Waals surface area contributed by atoms with Gasteiger partial charge in [-0.05, 0) is 37.5 Å². The summed E-state index contributed by atoms with van der Waals surface area (Å²) in [6.45, 7) is 1.23. The number of sulfone groups is 1. The molecular weight excluding hydrogens is 376 g/mol. The van der Waals surface area contributed by atoms with Crippen molar-refractivity contribution in [1.82, 2.24) is 9.80 Å². The molecule has 1 atom stereocenters. The summed E-state index contributed by atoms with van der Waals surface area (Å²) in [5.41, 5.74) is 0.928. The molecule has 2 aromatic carbocycles. The summed E-state index contributed by atoms with van der Waals surface area (Å²) in [4.78, 5) is 17.0. The largest absolute Gasteiger partial charge is 0.496 e. The summed E-state index contributed by atoms with van der Waals surface area (Å²) in [7, 11) is 2.48. The van der Waals surface area contributed by atoms with Crippen LogP contribution in [0.5, 0.6) is 5.75 Å². The molecule has 1 heterocycles. The molecule has 1 aliphatic rings. The van der Waals surface area contributed by atoms with Crippen LogP contribution in [0.25, 0.3) is 10.8 Å². The zero-order chi connectivity index (χ0) is 20.3. The van der Waals surface area contributed by atoms with E-state index in [0.717, 1.165) is 22.1 Å². The van der Waals surface area contributed by atoms with Crippen LogP contribution in [0.3, 0.4) is 0 Å². The molecule has 0 saturated carbocycles. The topological polar surface area (TPSA) is 66.9 Å². The lowest BCUT2D eigenvalue weighted by atomic mass is 10.0. The zero-order valence-corrected chi connectivity index (χ0v) is 17.5. The first kappa shape index (κ1) is 20.6. The Morgan fingerprint density at radius 3 is 2.43 bits per heavy atom. The first-order chi connectivity index (χ1) is 13.3. The molecule has 1 amide bonds. The van der Waals surface area contributed by atoms with Gasteiger partial charge in [-0.1, -0.05) is 30.3 Å². The van der Waals surface area contributed by atoms with Crippen LogP contribution in [0.4, 0.5) is 0 Å². The van der Waals surface area contributed by atoms with Crippen LogP contribution < -0.4 is 4.74 Å². The standard InChI is InChI=1S/C21H28N2O4S/c1-22(2)11-12-23(17-10-13-28(25,26)15-17)21(24)14-16-8-9-20(27-3)19-7-5-4-6-18(16)19/h4-9,17H,10-15H2,1-3H3/t17-/m1/s1. The number of ether oxygens (including phenoxy) is 1. The van der Waals surface area contributed by atoms with Crippen molar-refractivity contribution in [2.24, 2.45) is 0 Å². The first-order valence-corrected chi connectivity index (χ1v) is 11.3. The van der Waals surface area contributed by atoms with E-state index in [1.807, 2.05) is 55.4 Å². The van der Waals surface area contributed by atoms with Gasteiger partial charge >= 0.3 is 0 Å². The molecule has 0 radical (unpaired) electrons. The molecule has 0 spiro atoms. The fourth-order valence-corrected chi connectivity index (χ4v) is 5.50. The van der Waals surface area contributed by atoms with E-state index in [1.165, 1.54) is 0 Å². The van der Waals surface area contributed by atoms with Crippen molar-refractivity contribution in [3.63, 3.8) is 0 Å². The van der Waals surface area contributed by atoms with Gasteiger partial charge in [-0.25, -0.2) is 8.42 Å². The van der Waals surface area contributed by atoms with Crippen LogP contribution in [0.15, 0.2) is 36.4 Å². The van der Waals surface area contributed by atoms with Crippen molar-refractivity contribution in [3.8, 4) is 5.75 Å². The van der Waals surface area contributed by atoms with Crippen LogP contribution in [0, 0.1) is 0 Å². The van der Waals surface area contributed by atoms with Gasteiger partial charge in [0.1, 0.15) is 5.75 Å². The van der Waals surface area contributed by atoms with Crippen molar-refractivity contribution in [2.45, 2.75) is 18.9 Å². The Balaban J connectivity index is 1.86. The summed E-state index contributed by atoms with van der Waals surface area (Å²) < 4.78 is 29.3. The van der Waals surface area contributed by atoms with Crippen LogP contribution in [-0.2, 0) is 21.1 Å². The second kappa shape index (κ2) is 8.49. The number of methoxy groups -OCH3 is 1. The lowest BCUT2D eigenvalue weighted by Crippen LogP contribution is -2.45. The number of carbonyl (C=O) groups excluding carboxylic acids is 1. The molecule has 0 aliphatic carbocycles. The highest BCUT2D eigenvalue weighted by Gasteiger charge is 2.34. The molecular formula is C21H28N2O4S. The highest BCUT2D eigenvalue weighted by atomic mass is 32.2. The third-order valence-electron chi connectivity index (χ3n) is 5.29. The Morgan fingerprint density at radius 2 is 1.82 bits per heavy atom. The summed E-state index contributed by atoms with van der Waals surface area (Å²) in [6.07, 6.45) is 0.763. The zero-order valence-electron chi connectivity index (χ0n) is 16.7. The smallest absolute Gasteiger partial charge is 0.227 e. The number of hydrogen-bond donors (Lipinski definition) is 0. The van der Waals surface area contributed by atoms with Crippen molar-refractivity contribution < 1.29 is 17.9 Å². The maximum Gasteiger partial charge on any atom is 0.227 e. The molecule has 152 valence electrons. The maximum absolute atomic E-state index is 13.2. The molecule has 7 heteroatoms. The second-order valence-corrected chi connectivity index (χ2v) is 9.83. The van der Waals surface area contributed by atoms with E-state index in [-0.39, 0.29) is 29.9 Å². The fourth-order valence-electron chi connectivity index (χ4n) is 3.77. The minimum absolute atomic E-state index is 0.0285. The van der Waals surface area contributed by atoms with Gasteiger partial charge in [0.25, 0.3) is 0 Å². The minimum Gasteiger partial charge on any atom is -0.496 e. The maximum atomic E-state index is 13.2. The number of hydrogen-bond acceptors (Lipinski definition) is 5. The molecule has 6 nitrogen and oxygen atoms in total. The molecule has 1 fully saturated rings. The molecule has 0 unspecified atom stereocenters. The summed E-state index contributed by atoms with van der Waals surface area (Å²) in [5, 5.41) is 1.96. The summed E-state index contributed by atoms with van der Waals surface area (Å²) >= 11 is 0. The lowest BCUT2D eigenvalue weighted by Gasteiger charge is -2.30. The molecule has 1 aliphatic heterocycles. The van der Waals surface area contributed by atoms with Crippen LogP contribution in [0.2, 0.25) is 0 Å². The fraction of sp³-hybridized carbons (Fsp3) is 0.476. The Bertz CT molecular complexity index is 956.